The number of nitrogens with zero attached hydrogens (tertiary/aromatic N) is 2. The first kappa shape index (κ1) is 23.4. The Labute approximate surface area is 178 Å². The van der Waals surface area contributed by atoms with Crippen LogP contribution in [0, 0.1) is 6.92 Å². The monoisotopic (exact) mass is 440 g/mol. The van der Waals surface area contributed by atoms with Crippen molar-refractivity contribution in [3.05, 3.63) is 29.8 Å². The molecule has 0 saturated carbocycles. The summed E-state index contributed by atoms with van der Waals surface area (Å²) in [6.45, 7) is 4.94. The van der Waals surface area contributed by atoms with Gasteiger partial charge in [-0.3, -0.25) is 23.6 Å². The van der Waals surface area contributed by atoms with Crippen molar-refractivity contribution in [2.24, 2.45) is 0 Å². The first-order chi connectivity index (χ1) is 13.8. The van der Waals surface area contributed by atoms with Crippen LogP contribution >= 0.6 is 12.2 Å². The maximum Gasteiger partial charge on any atom is 0.296 e. The van der Waals surface area contributed by atoms with Crippen LogP contribution in [0.5, 0.6) is 0 Å². The number of benzene rings is 1. The second-order valence-corrected chi connectivity index (χ2v) is 9.03. The molecular weight excluding hydrogens is 412 g/mol. The zero-order valence-corrected chi connectivity index (χ0v) is 18.6. The van der Waals surface area contributed by atoms with Gasteiger partial charge in [-0.15, -0.1) is 0 Å². The minimum absolute atomic E-state index is 0.0791. The SMILES string of the molecule is CCCCN1C(=O)CC(=O)N(CCCCCOS(=O)(=O)c2ccc(C)cc2)C1=S. The van der Waals surface area contributed by atoms with Gasteiger partial charge in [-0.2, -0.15) is 8.42 Å². The van der Waals surface area contributed by atoms with E-state index in [1.807, 2.05) is 13.8 Å². The van der Waals surface area contributed by atoms with Crippen molar-refractivity contribution >= 4 is 39.3 Å². The smallest absolute Gasteiger partial charge is 0.288 e. The minimum Gasteiger partial charge on any atom is -0.288 e. The van der Waals surface area contributed by atoms with E-state index in [2.05, 4.69) is 0 Å². The highest BCUT2D eigenvalue weighted by molar-refractivity contribution is 7.86. The molecule has 0 unspecified atom stereocenters. The molecule has 1 heterocycles. The Balaban J connectivity index is 1.75. The second-order valence-electron chi connectivity index (χ2n) is 7.05. The van der Waals surface area contributed by atoms with Gasteiger partial charge in [-0.05, 0) is 57.0 Å². The van der Waals surface area contributed by atoms with Gasteiger partial charge >= 0.3 is 0 Å². The molecule has 1 aromatic carbocycles. The molecule has 1 aromatic rings. The predicted octanol–water partition coefficient (Wildman–Crippen LogP) is 3.02. The van der Waals surface area contributed by atoms with Crippen molar-refractivity contribution < 1.29 is 22.2 Å². The van der Waals surface area contributed by atoms with Crippen LogP contribution in [0.15, 0.2) is 29.2 Å². The summed E-state index contributed by atoms with van der Waals surface area (Å²) >= 11 is 5.34. The predicted molar refractivity (Wildman–Crippen MR) is 114 cm³/mol. The average molecular weight is 441 g/mol. The van der Waals surface area contributed by atoms with E-state index in [9.17, 15) is 18.0 Å². The standard InChI is InChI=1S/C20H28N2O5S2/c1-3-4-12-21-18(23)15-19(24)22(20(21)28)13-6-5-7-14-27-29(25,26)17-10-8-16(2)9-11-17/h8-11H,3-7,12-15H2,1-2H3. The highest BCUT2D eigenvalue weighted by atomic mass is 32.2. The van der Waals surface area contributed by atoms with Crippen LogP contribution in [-0.2, 0) is 23.9 Å². The second kappa shape index (κ2) is 10.8. The number of carbonyl (C=O) groups is 2. The fourth-order valence-corrected chi connectivity index (χ4v) is 4.26. The number of amides is 2. The normalized spacial score (nSPS) is 15.3. The summed E-state index contributed by atoms with van der Waals surface area (Å²) < 4.78 is 29.3. The minimum atomic E-state index is -3.75. The summed E-state index contributed by atoms with van der Waals surface area (Å²) in [6, 6.07) is 6.50. The molecule has 1 saturated heterocycles. The largest absolute Gasteiger partial charge is 0.296 e. The van der Waals surface area contributed by atoms with Crippen LogP contribution in [0.2, 0.25) is 0 Å². The van der Waals surface area contributed by atoms with Crippen LogP contribution < -0.4 is 0 Å². The highest BCUT2D eigenvalue weighted by Crippen LogP contribution is 2.16. The summed E-state index contributed by atoms with van der Waals surface area (Å²) in [6.07, 6.45) is 3.49. The average Bonchev–Trinajstić information content (AvgIpc) is 2.66. The third-order valence-corrected chi connectivity index (χ3v) is 6.44. The molecule has 7 nitrogen and oxygen atoms in total. The van der Waals surface area contributed by atoms with E-state index in [1.54, 1.807) is 12.1 Å². The molecule has 0 atom stereocenters. The number of aryl methyl sites for hydroxylation is 1. The summed E-state index contributed by atoms with van der Waals surface area (Å²) in [7, 11) is -3.75. The Hall–Kier alpha value is -1.84. The van der Waals surface area contributed by atoms with Crippen LogP contribution in [0.3, 0.4) is 0 Å². The Morgan fingerprint density at radius 3 is 2.14 bits per heavy atom. The molecule has 0 bridgehead atoms. The summed E-state index contributed by atoms with van der Waals surface area (Å²) in [4.78, 5) is 27.3. The van der Waals surface area contributed by atoms with E-state index in [0.717, 1.165) is 18.4 Å². The van der Waals surface area contributed by atoms with Gasteiger partial charge in [0.1, 0.15) is 6.42 Å². The van der Waals surface area contributed by atoms with Crippen LogP contribution in [0.1, 0.15) is 51.0 Å². The van der Waals surface area contributed by atoms with E-state index < -0.39 is 10.1 Å². The first-order valence-corrected chi connectivity index (χ1v) is 11.7. The Morgan fingerprint density at radius 2 is 1.55 bits per heavy atom. The lowest BCUT2D eigenvalue weighted by Gasteiger charge is -2.35. The molecule has 1 aliphatic rings. The third-order valence-electron chi connectivity index (χ3n) is 4.68. The van der Waals surface area contributed by atoms with Gasteiger partial charge in [0.05, 0.1) is 11.5 Å². The highest BCUT2D eigenvalue weighted by Gasteiger charge is 2.33. The van der Waals surface area contributed by atoms with E-state index in [0.29, 0.717) is 32.4 Å². The summed E-state index contributed by atoms with van der Waals surface area (Å²) in [5, 5.41) is 0.276. The third kappa shape index (κ3) is 6.58. The summed E-state index contributed by atoms with van der Waals surface area (Å²) in [5.41, 5.74) is 0.976. The van der Waals surface area contributed by atoms with E-state index in [-0.39, 0.29) is 34.8 Å². The molecule has 1 aliphatic heterocycles. The maximum atomic E-state index is 12.2. The van der Waals surface area contributed by atoms with Crippen molar-refractivity contribution in [3.8, 4) is 0 Å². The molecule has 2 rings (SSSR count). The van der Waals surface area contributed by atoms with Gasteiger partial charge in [-0.1, -0.05) is 31.0 Å². The first-order valence-electron chi connectivity index (χ1n) is 9.87. The maximum absolute atomic E-state index is 12.2. The van der Waals surface area contributed by atoms with Gasteiger partial charge in [0.2, 0.25) is 11.8 Å². The molecule has 1 fully saturated rings. The Morgan fingerprint density at radius 1 is 0.966 bits per heavy atom. The van der Waals surface area contributed by atoms with Crippen molar-refractivity contribution in [3.63, 3.8) is 0 Å². The molecule has 0 aromatic heterocycles. The molecule has 0 N–H and O–H groups in total. The van der Waals surface area contributed by atoms with Gasteiger partial charge in [0.15, 0.2) is 5.11 Å². The van der Waals surface area contributed by atoms with Crippen molar-refractivity contribution in [1.82, 2.24) is 9.80 Å². The molecule has 29 heavy (non-hydrogen) atoms. The number of hydrogen-bond donors (Lipinski definition) is 0. The quantitative estimate of drug-likeness (QED) is 0.228. The van der Waals surface area contributed by atoms with Gasteiger partial charge in [0.25, 0.3) is 10.1 Å². The number of rotatable bonds is 11. The molecule has 160 valence electrons. The number of thiocarbonyl (C=S) groups is 1. The molecule has 2 amide bonds. The lowest BCUT2D eigenvalue weighted by Crippen LogP contribution is -2.55. The Bertz CT molecular complexity index is 837. The van der Waals surface area contributed by atoms with Crippen molar-refractivity contribution in [1.29, 1.82) is 0 Å². The number of carbonyl (C=O) groups excluding carboxylic acids is 2. The van der Waals surface area contributed by atoms with Gasteiger partial charge < -0.3 is 0 Å². The van der Waals surface area contributed by atoms with E-state index in [4.69, 9.17) is 16.4 Å². The number of unbranched alkanes of at least 4 members (excludes halogenated alkanes) is 3. The van der Waals surface area contributed by atoms with Crippen LogP contribution in [0.4, 0.5) is 0 Å². The van der Waals surface area contributed by atoms with E-state index >= 15 is 0 Å². The lowest BCUT2D eigenvalue weighted by molar-refractivity contribution is -0.140. The molecule has 9 heteroatoms. The lowest BCUT2D eigenvalue weighted by atomic mass is 10.2. The molecular formula is C20H28N2O5S2. The number of hydrogen-bond acceptors (Lipinski definition) is 6. The molecule has 0 spiro atoms. The van der Waals surface area contributed by atoms with Crippen LogP contribution in [0.25, 0.3) is 0 Å². The zero-order valence-electron chi connectivity index (χ0n) is 16.9. The zero-order chi connectivity index (χ0) is 21.4. The molecule has 0 radical (unpaired) electrons. The summed E-state index contributed by atoms with van der Waals surface area (Å²) in [5.74, 6) is -0.509. The fraction of sp³-hybridized carbons (Fsp3) is 0.550. The molecule has 0 aliphatic carbocycles. The van der Waals surface area contributed by atoms with Gasteiger partial charge in [-0.25, -0.2) is 0 Å². The van der Waals surface area contributed by atoms with Crippen molar-refractivity contribution in [2.45, 2.75) is 57.3 Å². The topological polar surface area (TPSA) is 84.0 Å². The van der Waals surface area contributed by atoms with E-state index in [1.165, 1.54) is 21.9 Å². The van der Waals surface area contributed by atoms with Crippen LogP contribution in [-0.4, -0.2) is 54.8 Å². The fourth-order valence-electron chi connectivity index (χ4n) is 2.93. The van der Waals surface area contributed by atoms with Crippen molar-refractivity contribution in [2.75, 3.05) is 19.7 Å². The van der Waals surface area contributed by atoms with Gasteiger partial charge in [0, 0.05) is 13.1 Å². The Kier molecular flexibility index (Phi) is 8.73.